The van der Waals surface area contributed by atoms with Gasteiger partial charge in [0.05, 0.1) is 5.69 Å². The van der Waals surface area contributed by atoms with Crippen molar-refractivity contribution in [1.82, 2.24) is 0 Å². The van der Waals surface area contributed by atoms with Crippen molar-refractivity contribution in [2.75, 3.05) is 24.6 Å². The summed E-state index contributed by atoms with van der Waals surface area (Å²) in [6, 6.07) is 5.83. The lowest BCUT2D eigenvalue weighted by Gasteiger charge is -2.34. The van der Waals surface area contributed by atoms with Crippen LogP contribution in [0, 0.1) is 0 Å². The molecule has 1 aliphatic rings. The molecule has 104 valence electrons. The van der Waals surface area contributed by atoms with Crippen molar-refractivity contribution in [1.29, 1.82) is 0 Å². The van der Waals surface area contributed by atoms with Gasteiger partial charge < -0.3 is 21.1 Å². The number of nitrogens with zero attached hydrogens (tertiary/aromatic N) is 1. The molecule has 0 unspecified atom stereocenters. The van der Waals surface area contributed by atoms with Gasteiger partial charge in [-0.05, 0) is 44.5 Å². The molecular weight excluding hydrogens is 242 g/mol. The van der Waals surface area contributed by atoms with Crippen molar-refractivity contribution in [3.8, 4) is 5.75 Å². The van der Waals surface area contributed by atoms with Gasteiger partial charge in [0.25, 0.3) is 5.91 Å². The third-order valence-electron chi connectivity index (χ3n) is 2.96. The first-order chi connectivity index (χ1) is 8.90. The van der Waals surface area contributed by atoms with Crippen molar-refractivity contribution in [3.63, 3.8) is 0 Å². The zero-order valence-corrected chi connectivity index (χ0v) is 11.5. The standard InChI is InChI=1S/C14H21N3O2/c1-14(2,16)9-17-11-7-10(5-6-15)3-4-12(11)19-8-13(17)18/h3-4,7H,5-6,8-9,15-16H2,1-2H3. The number of fused-ring (bicyclic) bond motifs is 1. The molecule has 5 heteroatoms. The smallest absolute Gasteiger partial charge is 0.265 e. The second-order valence-corrected chi connectivity index (χ2v) is 5.60. The van der Waals surface area contributed by atoms with Gasteiger partial charge in [-0.15, -0.1) is 0 Å². The molecule has 1 amide bonds. The monoisotopic (exact) mass is 263 g/mol. The fraction of sp³-hybridized carbons (Fsp3) is 0.500. The van der Waals surface area contributed by atoms with Crippen LogP contribution >= 0.6 is 0 Å². The second-order valence-electron chi connectivity index (χ2n) is 5.60. The first-order valence-electron chi connectivity index (χ1n) is 6.46. The predicted octanol–water partition coefficient (Wildman–Crippen LogP) is 0.651. The van der Waals surface area contributed by atoms with Crippen molar-refractivity contribution < 1.29 is 9.53 Å². The molecule has 2 rings (SSSR count). The first kappa shape index (κ1) is 13.8. The van der Waals surface area contributed by atoms with Gasteiger partial charge in [-0.1, -0.05) is 6.07 Å². The zero-order chi connectivity index (χ0) is 14.0. The molecule has 0 bridgehead atoms. The molecule has 1 aromatic carbocycles. The molecule has 5 nitrogen and oxygen atoms in total. The second kappa shape index (κ2) is 5.19. The molecule has 0 atom stereocenters. The van der Waals surface area contributed by atoms with Crippen molar-refractivity contribution in [3.05, 3.63) is 23.8 Å². The maximum absolute atomic E-state index is 12.0. The summed E-state index contributed by atoms with van der Waals surface area (Å²) in [4.78, 5) is 13.7. The van der Waals surface area contributed by atoms with Gasteiger partial charge in [-0.25, -0.2) is 0 Å². The molecular formula is C14H21N3O2. The third-order valence-corrected chi connectivity index (χ3v) is 2.96. The van der Waals surface area contributed by atoms with Crippen LogP contribution < -0.4 is 21.1 Å². The van der Waals surface area contributed by atoms with E-state index in [0.29, 0.717) is 13.1 Å². The van der Waals surface area contributed by atoms with E-state index < -0.39 is 5.54 Å². The lowest BCUT2D eigenvalue weighted by molar-refractivity contribution is -0.121. The number of nitrogens with two attached hydrogens (primary N) is 2. The third kappa shape index (κ3) is 3.24. The molecule has 1 heterocycles. The van der Waals surface area contributed by atoms with Gasteiger partial charge in [0.2, 0.25) is 0 Å². The van der Waals surface area contributed by atoms with E-state index in [1.165, 1.54) is 0 Å². The Balaban J connectivity index is 2.35. The highest BCUT2D eigenvalue weighted by Gasteiger charge is 2.29. The number of carbonyl (C=O) groups excluding carboxylic acids is 1. The predicted molar refractivity (Wildman–Crippen MR) is 75.3 cm³/mol. The minimum Gasteiger partial charge on any atom is -0.482 e. The lowest BCUT2D eigenvalue weighted by Crippen LogP contribution is -2.50. The fourth-order valence-corrected chi connectivity index (χ4v) is 2.15. The summed E-state index contributed by atoms with van der Waals surface area (Å²) in [5.74, 6) is 0.667. The van der Waals surface area contributed by atoms with Gasteiger partial charge in [0, 0.05) is 12.1 Å². The fourth-order valence-electron chi connectivity index (χ4n) is 2.15. The van der Waals surface area contributed by atoms with E-state index in [9.17, 15) is 4.79 Å². The maximum atomic E-state index is 12.0. The number of hydrogen-bond acceptors (Lipinski definition) is 4. The SMILES string of the molecule is CC(C)(N)CN1C(=O)COc2ccc(CCN)cc21. The van der Waals surface area contributed by atoms with E-state index in [4.69, 9.17) is 16.2 Å². The summed E-state index contributed by atoms with van der Waals surface area (Å²) in [5.41, 5.74) is 13.0. The quantitative estimate of drug-likeness (QED) is 0.835. The average molecular weight is 263 g/mol. The average Bonchev–Trinajstić information content (AvgIpc) is 2.32. The van der Waals surface area contributed by atoms with Crippen molar-refractivity contribution in [2.45, 2.75) is 25.8 Å². The summed E-state index contributed by atoms with van der Waals surface area (Å²) >= 11 is 0. The molecule has 0 aliphatic carbocycles. The van der Waals surface area contributed by atoms with E-state index in [2.05, 4.69) is 0 Å². The van der Waals surface area contributed by atoms with Crippen LogP contribution in [0.5, 0.6) is 5.75 Å². The highest BCUT2D eigenvalue weighted by atomic mass is 16.5. The van der Waals surface area contributed by atoms with Crippen LogP contribution in [0.2, 0.25) is 0 Å². The van der Waals surface area contributed by atoms with Crippen LogP contribution in [-0.4, -0.2) is 31.1 Å². The molecule has 19 heavy (non-hydrogen) atoms. The molecule has 0 saturated heterocycles. The Bertz CT molecular complexity index is 480. The molecule has 0 saturated carbocycles. The number of rotatable bonds is 4. The Morgan fingerprint density at radius 2 is 2.16 bits per heavy atom. The summed E-state index contributed by atoms with van der Waals surface area (Å²) < 4.78 is 5.45. The van der Waals surface area contributed by atoms with E-state index in [-0.39, 0.29) is 12.5 Å². The maximum Gasteiger partial charge on any atom is 0.265 e. The Morgan fingerprint density at radius 1 is 1.42 bits per heavy atom. The van der Waals surface area contributed by atoms with E-state index in [0.717, 1.165) is 23.4 Å². The molecule has 0 aromatic heterocycles. The highest BCUT2D eigenvalue weighted by molar-refractivity contribution is 5.98. The van der Waals surface area contributed by atoms with Crippen LogP contribution in [0.4, 0.5) is 5.69 Å². The molecule has 1 aliphatic heterocycles. The zero-order valence-electron chi connectivity index (χ0n) is 11.5. The molecule has 0 fully saturated rings. The number of ether oxygens (including phenoxy) is 1. The first-order valence-corrected chi connectivity index (χ1v) is 6.46. The van der Waals surface area contributed by atoms with Gasteiger partial charge in [-0.2, -0.15) is 0 Å². The van der Waals surface area contributed by atoms with Crippen LogP contribution in [0.1, 0.15) is 19.4 Å². The van der Waals surface area contributed by atoms with Crippen LogP contribution in [0.25, 0.3) is 0 Å². The summed E-state index contributed by atoms with van der Waals surface area (Å²) in [7, 11) is 0. The number of amides is 1. The Morgan fingerprint density at radius 3 is 2.79 bits per heavy atom. The van der Waals surface area contributed by atoms with Gasteiger partial charge >= 0.3 is 0 Å². The minimum atomic E-state index is -0.450. The summed E-state index contributed by atoms with van der Waals surface area (Å²) in [6.07, 6.45) is 0.779. The number of carbonyl (C=O) groups is 1. The Hall–Kier alpha value is -1.59. The lowest BCUT2D eigenvalue weighted by atomic mass is 10.0. The molecule has 0 radical (unpaired) electrons. The van der Waals surface area contributed by atoms with Crippen LogP contribution in [-0.2, 0) is 11.2 Å². The minimum absolute atomic E-state index is 0.0593. The highest BCUT2D eigenvalue weighted by Crippen LogP contribution is 2.33. The van der Waals surface area contributed by atoms with E-state index in [1.807, 2.05) is 32.0 Å². The molecule has 4 N–H and O–H groups in total. The number of hydrogen-bond donors (Lipinski definition) is 2. The normalized spacial score (nSPS) is 15.2. The van der Waals surface area contributed by atoms with Gasteiger partial charge in [-0.3, -0.25) is 4.79 Å². The van der Waals surface area contributed by atoms with E-state index in [1.54, 1.807) is 4.90 Å². The Labute approximate surface area is 113 Å². The van der Waals surface area contributed by atoms with Crippen LogP contribution in [0.3, 0.4) is 0 Å². The Kier molecular flexibility index (Phi) is 3.78. The van der Waals surface area contributed by atoms with Gasteiger partial charge in [0.1, 0.15) is 5.75 Å². The van der Waals surface area contributed by atoms with Gasteiger partial charge in [0.15, 0.2) is 6.61 Å². The summed E-state index contributed by atoms with van der Waals surface area (Å²) in [5, 5.41) is 0. The number of benzene rings is 1. The topological polar surface area (TPSA) is 81.6 Å². The van der Waals surface area contributed by atoms with E-state index >= 15 is 0 Å². The molecule has 1 aromatic rings. The summed E-state index contributed by atoms with van der Waals surface area (Å²) in [6.45, 7) is 4.92. The van der Waals surface area contributed by atoms with Crippen molar-refractivity contribution >= 4 is 11.6 Å². The largest absolute Gasteiger partial charge is 0.482 e. The van der Waals surface area contributed by atoms with Crippen molar-refractivity contribution in [2.24, 2.45) is 11.5 Å². The van der Waals surface area contributed by atoms with Crippen LogP contribution in [0.15, 0.2) is 18.2 Å². The number of anilines is 1. The molecule has 0 spiro atoms.